The maximum atomic E-state index is 14.6. The van der Waals surface area contributed by atoms with Gasteiger partial charge in [0.05, 0.1) is 19.3 Å². The summed E-state index contributed by atoms with van der Waals surface area (Å²) < 4.78 is 51.8. The third-order valence-electron chi connectivity index (χ3n) is 8.87. The number of nitrogens with one attached hydrogen (secondary N) is 1. The molecule has 1 saturated heterocycles. The van der Waals surface area contributed by atoms with E-state index in [4.69, 9.17) is 21.1 Å². The van der Waals surface area contributed by atoms with Crippen molar-refractivity contribution in [2.75, 3.05) is 26.3 Å². The van der Waals surface area contributed by atoms with Gasteiger partial charge in [-0.25, -0.2) is 13.6 Å². The Morgan fingerprint density at radius 2 is 1.74 bits per heavy atom. The number of carbonyl (C=O) groups excluding carboxylic acids is 2. The van der Waals surface area contributed by atoms with Crippen molar-refractivity contribution in [2.45, 2.75) is 63.7 Å². The second-order valence-corrected chi connectivity index (χ2v) is 12.6. The third kappa shape index (κ3) is 7.44. The first-order valence-corrected chi connectivity index (χ1v) is 16.4. The predicted octanol–water partition coefficient (Wildman–Crippen LogP) is 6.92. The first kappa shape index (κ1) is 32.9. The van der Waals surface area contributed by atoms with Crippen molar-refractivity contribution in [2.24, 2.45) is 0 Å². The summed E-state index contributed by atoms with van der Waals surface area (Å²) in [6.45, 7) is 3.23. The van der Waals surface area contributed by atoms with Gasteiger partial charge in [0.15, 0.2) is 17.4 Å². The smallest absolute Gasteiger partial charge is 0.409 e. The molecular formula is C36H37ClF3N3O4. The van der Waals surface area contributed by atoms with Gasteiger partial charge in [0.2, 0.25) is 5.82 Å². The Kier molecular flexibility index (Phi) is 10.1. The van der Waals surface area contributed by atoms with Crippen LogP contribution in [0.15, 0.2) is 66.2 Å². The predicted molar refractivity (Wildman–Crippen MR) is 172 cm³/mol. The normalized spacial score (nSPS) is 19.0. The average Bonchev–Trinajstić information content (AvgIpc) is 3.91. The summed E-state index contributed by atoms with van der Waals surface area (Å²) >= 11 is 6.51. The molecule has 2 heterocycles. The van der Waals surface area contributed by atoms with Gasteiger partial charge in [-0.05, 0) is 79.5 Å². The SMILES string of the molecule is CCOC(=O)N1C[C@H]2CC(c3ccc(CCCOc4c(F)ccc(F)c4F)cc3)=C(C(=O)N(Cc3ccccc3Cl)C3CC3)[C@@H](C1)N2. The molecule has 0 radical (unpaired) electrons. The fraction of sp³-hybridized carbons (Fsp3) is 0.389. The zero-order valence-corrected chi connectivity index (χ0v) is 26.9. The number of fused-ring (bicyclic) bond motifs is 2. The van der Waals surface area contributed by atoms with Gasteiger partial charge in [0.25, 0.3) is 5.91 Å². The third-order valence-corrected chi connectivity index (χ3v) is 9.24. The summed E-state index contributed by atoms with van der Waals surface area (Å²) in [6.07, 6.45) is 3.04. The standard InChI is InChI=1S/C36H37ClF3N3O4/c1-2-46-36(45)42-20-25-18-27(23-11-9-22(10-12-23)6-5-17-47-34-30(39)16-15-29(38)33(34)40)32(31(21-42)41-25)35(44)43(26-13-14-26)19-24-7-3-4-8-28(24)37/h3-4,7-12,15-16,25-26,31,41H,2,5-6,13-14,17-21H2,1H3/t25-,31-/m1/s1. The van der Waals surface area contributed by atoms with Gasteiger partial charge in [-0.3, -0.25) is 4.79 Å². The van der Waals surface area contributed by atoms with Crippen LogP contribution in [0.2, 0.25) is 5.02 Å². The minimum atomic E-state index is -1.34. The van der Waals surface area contributed by atoms with E-state index in [-0.39, 0.29) is 43.3 Å². The molecule has 248 valence electrons. The van der Waals surface area contributed by atoms with Crippen molar-refractivity contribution in [3.63, 3.8) is 0 Å². The van der Waals surface area contributed by atoms with Gasteiger partial charge >= 0.3 is 6.09 Å². The number of halogens is 4. The molecule has 6 rings (SSSR count). The van der Waals surface area contributed by atoms with Crippen molar-refractivity contribution in [3.05, 3.63) is 105 Å². The van der Waals surface area contributed by atoms with Gasteiger partial charge in [0, 0.05) is 42.3 Å². The first-order chi connectivity index (χ1) is 22.7. The lowest BCUT2D eigenvalue weighted by atomic mass is 9.82. The lowest BCUT2D eigenvalue weighted by Crippen LogP contribution is -2.62. The molecule has 2 atom stereocenters. The number of rotatable bonds is 11. The molecule has 1 saturated carbocycles. The lowest BCUT2D eigenvalue weighted by molar-refractivity contribution is -0.128. The summed E-state index contributed by atoms with van der Waals surface area (Å²) in [5, 5.41) is 4.21. The Balaban J connectivity index is 1.24. The van der Waals surface area contributed by atoms with Crippen molar-refractivity contribution < 1.29 is 32.2 Å². The molecule has 47 heavy (non-hydrogen) atoms. The van der Waals surface area contributed by atoms with Gasteiger partial charge in [-0.2, -0.15) is 4.39 Å². The van der Waals surface area contributed by atoms with Crippen LogP contribution >= 0.6 is 11.6 Å². The minimum absolute atomic E-state index is 0.0112. The second kappa shape index (κ2) is 14.4. The highest BCUT2D eigenvalue weighted by Crippen LogP contribution is 2.38. The highest BCUT2D eigenvalue weighted by Gasteiger charge is 2.43. The van der Waals surface area contributed by atoms with Gasteiger partial charge < -0.3 is 24.6 Å². The van der Waals surface area contributed by atoms with E-state index < -0.39 is 23.2 Å². The molecule has 0 spiro atoms. The molecule has 2 fully saturated rings. The molecule has 0 aromatic heterocycles. The fourth-order valence-corrected chi connectivity index (χ4v) is 6.61. The van der Waals surface area contributed by atoms with Crippen LogP contribution in [0.25, 0.3) is 5.57 Å². The number of hydrogen-bond donors (Lipinski definition) is 1. The van der Waals surface area contributed by atoms with Gasteiger partial charge in [-0.15, -0.1) is 0 Å². The minimum Gasteiger partial charge on any atom is -0.488 e. The van der Waals surface area contributed by atoms with Crippen molar-refractivity contribution in [1.82, 2.24) is 15.1 Å². The van der Waals surface area contributed by atoms with Crippen LogP contribution in [-0.4, -0.2) is 66.2 Å². The second-order valence-electron chi connectivity index (χ2n) is 12.2. The van der Waals surface area contributed by atoms with E-state index in [0.29, 0.717) is 49.5 Å². The number of nitrogens with zero attached hydrogens (tertiary/aromatic N) is 2. The number of benzene rings is 3. The molecule has 1 N–H and O–H groups in total. The van der Waals surface area contributed by atoms with E-state index in [1.165, 1.54) is 0 Å². The molecular weight excluding hydrogens is 631 g/mol. The summed E-state index contributed by atoms with van der Waals surface area (Å²) in [4.78, 5) is 30.9. The zero-order chi connectivity index (χ0) is 33.1. The monoisotopic (exact) mass is 667 g/mol. The number of piperazine rings is 1. The molecule has 2 aliphatic heterocycles. The van der Waals surface area contributed by atoms with E-state index in [1.807, 2.05) is 53.4 Å². The fourth-order valence-electron chi connectivity index (χ4n) is 6.41. The van der Waals surface area contributed by atoms with Crippen LogP contribution in [0.4, 0.5) is 18.0 Å². The summed E-state index contributed by atoms with van der Waals surface area (Å²) in [7, 11) is 0. The van der Waals surface area contributed by atoms with E-state index >= 15 is 0 Å². The first-order valence-electron chi connectivity index (χ1n) is 16.0. The van der Waals surface area contributed by atoms with E-state index in [1.54, 1.807) is 11.8 Å². The van der Waals surface area contributed by atoms with Crippen LogP contribution in [-0.2, 0) is 22.5 Å². The number of amides is 2. The lowest BCUT2D eigenvalue weighted by Gasteiger charge is -2.44. The zero-order valence-electron chi connectivity index (χ0n) is 26.1. The van der Waals surface area contributed by atoms with Crippen molar-refractivity contribution in [1.29, 1.82) is 0 Å². The topological polar surface area (TPSA) is 71.1 Å². The van der Waals surface area contributed by atoms with Crippen LogP contribution in [0, 0.1) is 17.5 Å². The summed E-state index contributed by atoms with van der Waals surface area (Å²) in [5.74, 6) is -4.23. The number of ether oxygens (including phenoxy) is 2. The molecule has 7 nitrogen and oxygen atoms in total. The van der Waals surface area contributed by atoms with Crippen molar-refractivity contribution >= 4 is 29.2 Å². The molecule has 1 aliphatic carbocycles. The number of carbonyl (C=O) groups is 2. The number of aryl methyl sites for hydroxylation is 1. The van der Waals surface area contributed by atoms with E-state index in [0.717, 1.165) is 47.2 Å². The largest absolute Gasteiger partial charge is 0.488 e. The Labute approximate surface area is 277 Å². The van der Waals surface area contributed by atoms with E-state index in [9.17, 15) is 22.8 Å². The highest BCUT2D eigenvalue weighted by molar-refractivity contribution is 6.31. The van der Waals surface area contributed by atoms with Gasteiger partial charge in [0.1, 0.15) is 0 Å². The average molecular weight is 668 g/mol. The highest BCUT2D eigenvalue weighted by atomic mass is 35.5. The maximum Gasteiger partial charge on any atom is 0.409 e. The Morgan fingerprint density at radius 1 is 1.00 bits per heavy atom. The van der Waals surface area contributed by atoms with Crippen LogP contribution < -0.4 is 10.1 Å². The van der Waals surface area contributed by atoms with Crippen LogP contribution in [0.3, 0.4) is 0 Å². The Morgan fingerprint density at radius 3 is 2.47 bits per heavy atom. The molecule has 2 amide bonds. The van der Waals surface area contributed by atoms with Gasteiger partial charge in [-0.1, -0.05) is 54.1 Å². The molecule has 3 aromatic carbocycles. The van der Waals surface area contributed by atoms with Crippen molar-refractivity contribution in [3.8, 4) is 5.75 Å². The van der Waals surface area contributed by atoms with Crippen LogP contribution in [0.5, 0.6) is 5.75 Å². The molecule has 11 heteroatoms. The molecule has 3 aromatic rings. The maximum absolute atomic E-state index is 14.6. The summed E-state index contributed by atoms with van der Waals surface area (Å²) in [5.41, 5.74) is 4.38. The Hall–Kier alpha value is -4.02. The van der Waals surface area contributed by atoms with Crippen LogP contribution in [0.1, 0.15) is 49.3 Å². The Bertz CT molecular complexity index is 1660. The molecule has 0 unspecified atom stereocenters. The number of hydrogen-bond acceptors (Lipinski definition) is 5. The van der Waals surface area contributed by atoms with E-state index in [2.05, 4.69) is 5.32 Å². The quantitative estimate of drug-likeness (QED) is 0.178. The molecule has 2 bridgehead atoms. The summed E-state index contributed by atoms with van der Waals surface area (Å²) in [6, 6.07) is 16.7. The molecule has 3 aliphatic rings.